The number of likely N-dealkylation sites (N-methyl/N-ethyl adjacent to an activating group) is 1. The number of rotatable bonds is 6. The highest BCUT2D eigenvalue weighted by molar-refractivity contribution is 6.09. The van der Waals surface area contributed by atoms with Crippen LogP contribution >= 0.6 is 0 Å². The van der Waals surface area contributed by atoms with Gasteiger partial charge in [-0.05, 0) is 36.6 Å². The summed E-state index contributed by atoms with van der Waals surface area (Å²) in [6.07, 6.45) is 0.355. The van der Waals surface area contributed by atoms with Gasteiger partial charge in [-0.3, -0.25) is 19.3 Å². The molecule has 1 aromatic rings. The average molecular weight is 349 g/mol. The minimum absolute atomic E-state index is 0.355. The maximum Gasteiger partial charge on any atom is 0.325 e. The molecule has 1 atom stereocenters. The molecule has 1 heterocycles. The van der Waals surface area contributed by atoms with Gasteiger partial charge in [-0.15, -0.1) is 0 Å². The van der Waals surface area contributed by atoms with Crippen molar-refractivity contribution in [3.05, 3.63) is 29.3 Å². The van der Waals surface area contributed by atoms with E-state index >= 15 is 0 Å². The monoisotopic (exact) mass is 349 g/mol. The van der Waals surface area contributed by atoms with Crippen LogP contribution in [0.2, 0.25) is 0 Å². The molecule has 0 aromatic heterocycles. The molecule has 0 spiro atoms. The maximum absolute atomic E-state index is 13.0. The Bertz CT molecular complexity index is 706. The van der Waals surface area contributed by atoms with E-state index in [1.165, 1.54) is 14.2 Å². The topological polar surface area (TPSA) is 88.2 Å². The molecule has 2 rings (SSSR count). The number of nitrogens with zero attached hydrogens (tertiary/aromatic N) is 2. The van der Waals surface area contributed by atoms with Crippen LogP contribution in [0.15, 0.2) is 18.2 Å². The van der Waals surface area contributed by atoms with Crippen molar-refractivity contribution in [1.29, 1.82) is 0 Å². The first-order valence-corrected chi connectivity index (χ1v) is 7.90. The number of hydrogen-bond acceptors (Lipinski definition) is 5. The first-order valence-electron chi connectivity index (χ1n) is 7.90. The van der Waals surface area contributed by atoms with Gasteiger partial charge in [-0.1, -0.05) is 13.0 Å². The molecule has 1 aromatic carbocycles. The number of hydrogen-bond donors (Lipinski definition) is 1. The third kappa shape index (κ3) is 3.17. The Balaban J connectivity index is 2.36. The van der Waals surface area contributed by atoms with E-state index in [1.807, 2.05) is 19.9 Å². The molecular weight excluding hydrogens is 326 g/mol. The molecule has 0 bridgehead atoms. The van der Waals surface area contributed by atoms with Crippen LogP contribution in [0.25, 0.3) is 0 Å². The van der Waals surface area contributed by atoms with Crippen LogP contribution in [0.5, 0.6) is 5.75 Å². The van der Waals surface area contributed by atoms with E-state index in [1.54, 1.807) is 19.2 Å². The second-order valence-electron chi connectivity index (χ2n) is 5.84. The maximum atomic E-state index is 13.0. The van der Waals surface area contributed by atoms with E-state index in [0.717, 1.165) is 15.5 Å². The molecular formula is C17H23N3O5. The van der Waals surface area contributed by atoms with Crippen LogP contribution in [-0.2, 0) is 20.0 Å². The van der Waals surface area contributed by atoms with Crippen molar-refractivity contribution in [2.45, 2.75) is 25.8 Å². The SMILES string of the molecule is CCC1(c2ccc(OC)c(C)c2)NC(=O)N(CC(=O)N(C)OC)C1=O. The number of urea groups is 1. The predicted molar refractivity (Wildman–Crippen MR) is 89.7 cm³/mol. The number of carbonyl (C=O) groups excluding carboxylic acids is 3. The Hall–Kier alpha value is -2.61. The minimum Gasteiger partial charge on any atom is -0.496 e. The zero-order valence-electron chi connectivity index (χ0n) is 15.1. The molecule has 8 nitrogen and oxygen atoms in total. The highest BCUT2D eigenvalue weighted by atomic mass is 16.7. The quantitative estimate of drug-likeness (QED) is 0.615. The van der Waals surface area contributed by atoms with Crippen LogP contribution in [0.3, 0.4) is 0 Å². The smallest absolute Gasteiger partial charge is 0.325 e. The number of carbonyl (C=O) groups is 3. The Morgan fingerprint density at radius 1 is 1.32 bits per heavy atom. The Labute approximate surface area is 146 Å². The lowest BCUT2D eigenvalue weighted by Crippen LogP contribution is -2.45. The first kappa shape index (κ1) is 18.7. The molecule has 4 amide bonds. The van der Waals surface area contributed by atoms with E-state index in [9.17, 15) is 14.4 Å². The van der Waals surface area contributed by atoms with Crippen LogP contribution < -0.4 is 10.1 Å². The summed E-state index contributed by atoms with van der Waals surface area (Å²) in [5.41, 5.74) is 0.310. The second-order valence-corrected chi connectivity index (χ2v) is 5.84. The number of nitrogens with one attached hydrogen (secondary N) is 1. The van der Waals surface area contributed by atoms with Crippen molar-refractivity contribution in [2.24, 2.45) is 0 Å². The highest BCUT2D eigenvalue weighted by Gasteiger charge is 2.51. The van der Waals surface area contributed by atoms with Gasteiger partial charge < -0.3 is 10.1 Å². The van der Waals surface area contributed by atoms with Crippen molar-refractivity contribution < 1.29 is 24.0 Å². The number of amides is 4. The number of imide groups is 1. The summed E-state index contributed by atoms with van der Waals surface area (Å²) < 4.78 is 5.24. The van der Waals surface area contributed by atoms with Gasteiger partial charge in [0.2, 0.25) is 0 Å². The summed E-state index contributed by atoms with van der Waals surface area (Å²) >= 11 is 0. The van der Waals surface area contributed by atoms with Crippen molar-refractivity contribution in [3.63, 3.8) is 0 Å². The summed E-state index contributed by atoms with van der Waals surface area (Å²) in [7, 11) is 4.32. The molecule has 1 N–H and O–H groups in total. The van der Waals surface area contributed by atoms with Crippen LogP contribution in [0.1, 0.15) is 24.5 Å². The molecule has 8 heteroatoms. The minimum atomic E-state index is -1.19. The molecule has 1 saturated heterocycles. The van der Waals surface area contributed by atoms with Crippen molar-refractivity contribution >= 4 is 17.8 Å². The Morgan fingerprint density at radius 2 is 2.00 bits per heavy atom. The van der Waals surface area contributed by atoms with E-state index in [0.29, 0.717) is 17.7 Å². The fraction of sp³-hybridized carbons (Fsp3) is 0.471. The zero-order valence-corrected chi connectivity index (χ0v) is 15.1. The highest BCUT2D eigenvalue weighted by Crippen LogP contribution is 2.34. The Morgan fingerprint density at radius 3 is 2.52 bits per heavy atom. The molecule has 25 heavy (non-hydrogen) atoms. The van der Waals surface area contributed by atoms with Crippen LogP contribution in [0.4, 0.5) is 4.79 Å². The predicted octanol–water partition coefficient (Wildman–Crippen LogP) is 1.18. The Kier molecular flexibility index (Phi) is 5.32. The normalized spacial score (nSPS) is 19.8. The van der Waals surface area contributed by atoms with Gasteiger partial charge in [0.15, 0.2) is 0 Å². The lowest BCUT2D eigenvalue weighted by atomic mass is 9.86. The van der Waals surface area contributed by atoms with Crippen LogP contribution in [-0.4, -0.2) is 55.6 Å². The van der Waals surface area contributed by atoms with Gasteiger partial charge in [0.25, 0.3) is 11.8 Å². The third-order valence-corrected chi connectivity index (χ3v) is 4.51. The third-order valence-electron chi connectivity index (χ3n) is 4.51. The standard InChI is InChI=1S/C17H23N3O5/c1-6-17(12-7-8-13(24-4)11(2)9-12)15(22)20(16(23)18-17)10-14(21)19(3)25-5/h7-9H,6,10H2,1-5H3,(H,18,23). The number of hydroxylamine groups is 2. The van der Waals surface area contributed by atoms with Crippen LogP contribution in [0, 0.1) is 6.92 Å². The van der Waals surface area contributed by atoms with Gasteiger partial charge in [0.05, 0.1) is 14.2 Å². The second kappa shape index (κ2) is 7.10. The number of methoxy groups -OCH3 is 1. The van der Waals surface area contributed by atoms with Gasteiger partial charge in [0, 0.05) is 7.05 Å². The number of aryl methyl sites for hydroxylation is 1. The zero-order chi connectivity index (χ0) is 18.8. The van der Waals surface area contributed by atoms with Gasteiger partial charge in [0.1, 0.15) is 17.8 Å². The summed E-state index contributed by atoms with van der Waals surface area (Å²) in [5, 5.41) is 3.72. The van der Waals surface area contributed by atoms with E-state index in [4.69, 9.17) is 9.57 Å². The van der Waals surface area contributed by atoms with Crippen molar-refractivity contribution in [1.82, 2.24) is 15.3 Å². The molecule has 0 radical (unpaired) electrons. The summed E-state index contributed by atoms with van der Waals surface area (Å²) in [6, 6.07) is 4.72. The van der Waals surface area contributed by atoms with Gasteiger partial charge in [-0.2, -0.15) is 0 Å². The summed E-state index contributed by atoms with van der Waals surface area (Å²) in [6.45, 7) is 3.29. The molecule has 1 unspecified atom stereocenters. The number of benzene rings is 1. The van der Waals surface area contributed by atoms with E-state index in [-0.39, 0.29) is 6.54 Å². The molecule has 0 aliphatic carbocycles. The van der Waals surface area contributed by atoms with Gasteiger partial charge >= 0.3 is 6.03 Å². The lowest BCUT2D eigenvalue weighted by molar-refractivity contribution is -0.170. The molecule has 1 aliphatic rings. The largest absolute Gasteiger partial charge is 0.496 e. The molecule has 1 fully saturated rings. The molecule has 1 aliphatic heterocycles. The molecule has 0 saturated carbocycles. The fourth-order valence-corrected chi connectivity index (χ4v) is 2.89. The summed E-state index contributed by atoms with van der Waals surface area (Å²) in [4.78, 5) is 43.0. The average Bonchev–Trinajstić information content (AvgIpc) is 2.85. The van der Waals surface area contributed by atoms with E-state index in [2.05, 4.69) is 5.32 Å². The fourth-order valence-electron chi connectivity index (χ4n) is 2.89. The number of ether oxygens (including phenoxy) is 1. The van der Waals surface area contributed by atoms with E-state index < -0.39 is 23.4 Å². The lowest BCUT2D eigenvalue weighted by Gasteiger charge is -2.26. The first-order chi connectivity index (χ1) is 11.8. The van der Waals surface area contributed by atoms with Crippen molar-refractivity contribution in [3.8, 4) is 5.75 Å². The molecule has 136 valence electrons. The van der Waals surface area contributed by atoms with Crippen molar-refractivity contribution in [2.75, 3.05) is 27.8 Å². The summed E-state index contributed by atoms with van der Waals surface area (Å²) in [5.74, 6) is -0.258. The van der Waals surface area contributed by atoms with Gasteiger partial charge in [-0.25, -0.2) is 9.86 Å².